The Kier molecular flexibility index (Phi) is 4.57. The summed E-state index contributed by atoms with van der Waals surface area (Å²) in [7, 11) is 0. The van der Waals surface area contributed by atoms with Crippen molar-refractivity contribution in [2.75, 3.05) is 18.4 Å². The van der Waals surface area contributed by atoms with Crippen LogP contribution in [0.3, 0.4) is 0 Å². The van der Waals surface area contributed by atoms with Gasteiger partial charge in [-0.2, -0.15) is 4.98 Å². The number of halogens is 1. The van der Waals surface area contributed by atoms with Gasteiger partial charge in [-0.15, -0.1) is 10.2 Å². The molecule has 0 spiro atoms. The fourth-order valence-corrected chi connectivity index (χ4v) is 3.31. The molecule has 0 saturated carbocycles. The van der Waals surface area contributed by atoms with Crippen molar-refractivity contribution in [2.45, 2.75) is 18.8 Å². The van der Waals surface area contributed by atoms with E-state index in [-0.39, 0.29) is 17.8 Å². The van der Waals surface area contributed by atoms with Gasteiger partial charge in [0.25, 0.3) is 0 Å². The van der Waals surface area contributed by atoms with Gasteiger partial charge in [0.1, 0.15) is 11.3 Å². The largest absolute Gasteiger partial charge is 0.339 e. The molecule has 8 nitrogen and oxygen atoms in total. The molecule has 0 radical (unpaired) electrons. The second kappa shape index (κ2) is 7.16. The molecule has 10 heteroatoms. The van der Waals surface area contributed by atoms with Crippen LogP contribution in [0, 0.1) is 5.82 Å². The van der Waals surface area contributed by atoms with Gasteiger partial charge >= 0.3 is 6.03 Å². The van der Waals surface area contributed by atoms with Crippen molar-refractivity contribution in [3.8, 4) is 11.4 Å². The number of nitrogens with zero attached hydrogens (tertiary/aromatic N) is 5. The van der Waals surface area contributed by atoms with Crippen molar-refractivity contribution in [1.29, 1.82) is 0 Å². The molecule has 1 fully saturated rings. The number of amides is 2. The van der Waals surface area contributed by atoms with Crippen LogP contribution >= 0.6 is 11.3 Å². The minimum absolute atomic E-state index is 0.0365. The van der Waals surface area contributed by atoms with E-state index >= 15 is 0 Å². The molecule has 1 aromatic carbocycles. The van der Waals surface area contributed by atoms with E-state index in [1.807, 2.05) is 0 Å². The Labute approximate surface area is 152 Å². The summed E-state index contributed by atoms with van der Waals surface area (Å²) in [5.41, 5.74) is 2.24. The number of anilines is 1. The minimum Gasteiger partial charge on any atom is -0.339 e. The maximum Gasteiger partial charge on any atom is 0.323 e. The Morgan fingerprint density at radius 2 is 2.19 bits per heavy atom. The average molecular weight is 374 g/mol. The molecule has 1 aliphatic rings. The summed E-state index contributed by atoms with van der Waals surface area (Å²) in [6.45, 7) is 1.13. The lowest BCUT2D eigenvalue weighted by atomic mass is 9.98. The van der Waals surface area contributed by atoms with Crippen LogP contribution in [0.2, 0.25) is 0 Å². The molecule has 0 bridgehead atoms. The topological polar surface area (TPSA) is 97.0 Å². The van der Waals surface area contributed by atoms with E-state index in [0.29, 0.717) is 35.5 Å². The predicted octanol–water partition coefficient (Wildman–Crippen LogP) is 3.14. The van der Waals surface area contributed by atoms with E-state index in [2.05, 4.69) is 25.7 Å². The third kappa shape index (κ3) is 3.54. The Hall–Kier alpha value is -2.88. The minimum atomic E-state index is -0.318. The molecule has 2 aromatic heterocycles. The number of aromatic nitrogens is 4. The van der Waals surface area contributed by atoms with Crippen molar-refractivity contribution in [2.24, 2.45) is 0 Å². The summed E-state index contributed by atoms with van der Waals surface area (Å²) < 4.78 is 18.4. The van der Waals surface area contributed by atoms with E-state index in [1.165, 1.54) is 23.5 Å². The van der Waals surface area contributed by atoms with Crippen LogP contribution in [-0.2, 0) is 0 Å². The summed E-state index contributed by atoms with van der Waals surface area (Å²) in [5, 5.41) is 14.7. The quantitative estimate of drug-likeness (QED) is 0.756. The Morgan fingerprint density at radius 1 is 1.35 bits per heavy atom. The van der Waals surface area contributed by atoms with Crippen molar-refractivity contribution >= 4 is 22.5 Å². The molecule has 0 aliphatic carbocycles. The van der Waals surface area contributed by atoms with Crippen LogP contribution in [0.25, 0.3) is 11.4 Å². The molecule has 0 unspecified atom stereocenters. The van der Waals surface area contributed by atoms with Crippen LogP contribution in [0.1, 0.15) is 24.7 Å². The van der Waals surface area contributed by atoms with Crippen LogP contribution < -0.4 is 5.32 Å². The number of nitrogens with one attached hydrogen (secondary N) is 1. The van der Waals surface area contributed by atoms with E-state index in [9.17, 15) is 9.18 Å². The maximum absolute atomic E-state index is 13.0. The van der Waals surface area contributed by atoms with Gasteiger partial charge in [0.2, 0.25) is 16.8 Å². The molecule has 4 rings (SSSR count). The van der Waals surface area contributed by atoms with Gasteiger partial charge < -0.3 is 9.42 Å². The van der Waals surface area contributed by atoms with Gasteiger partial charge in [0, 0.05) is 18.7 Å². The first-order valence-electron chi connectivity index (χ1n) is 8.10. The average Bonchev–Trinajstić information content (AvgIpc) is 3.34. The molecule has 3 heterocycles. The first kappa shape index (κ1) is 16.6. The van der Waals surface area contributed by atoms with Gasteiger partial charge in [-0.1, -0.05) is 16.5 Å². The first-order valence-corrected chi connectivity index (χ1v) is 8.98. The number of benzene rings is 1. The van der Waals surface area contributed by atoms with Crippen molar-refractivity contribution in [3.63, 3.8) is 0 Å². The summed E-state index contributed by atoms with van der Waals surface area (Å²) in [6.07, 6.45) is 1.69. The second-order valence-electron chi connectivity index (χ2n) is 5.92. The molecule has 1 saturated heterocycles. The Bertz CT molecular complexity index is 883. The molecule has 3 aromatic rings. The number of piperidine rings is 1. The normalized spacial score (nSPS) is 17.3. The molecule has 134 valence electrons. The molecule has 26 heavy (non-hydrogen) atoms. The van der Waals surface area contributed by atoms with Crippen molar-refractivity contribution in [1.82, 2.24) is 25.2 Å². The fourth-order valence-electron chi connectivity index (χ4n) is 2.88. The fraction of sp³-hybridized carbons (Fsp3) is 0.312. The zero-order valence-corrected chi connectivity index (χ0v) is 14.4. The van der Waals surface area contributed by atoms with Crippen molar-refractivity contribution < 1.29 is 13.7 Å². The highest BCUT2D eigenvalue weighted by molar-refractivity contribution is 7.13. The highest BCUT2D eigenvalue weighted by Crippen LogP contribution is 2.28. The van der Waals surface area contributed by atoms with E-state index in [4.69, 9.17) is 4.52 Å². The zero-order chi connectivity index (χ0) is 17.9. The number of likely N-dealkylation sites (tertiary alicyclic amines) is 1. The van der Waals surface area contributed by atoms with Crippen LogP contribution in [0.5, 0.6) is 0 Å². The standard InChI is InChI=1S/C16H15FN6O2S/c17-12-5-3-10(4-6-12)13-19-14(25-22-13)11-2-1-7-23(8-11)16(24)20-15-21-18-9-26-15/h3-6,9,11H,1-2,7-8H2,(H,20,21,24)/t11-/m0/s1. The van der Waals surface area contributed by atoms with E-state index in [0.717, 1.165) is 12.8 Å². The lowest BCUT2D eigenvalue weighted by Crippen LogP contribution is -2.41. The molecule has 1 aliphatic heterocycles. The summed E-state index contributed by atoms with van der Waals surface area (Å²) in [5.74, 6) is 0.542. The second-order valence-corrected chi connectivity index (χ2v) is 6.76. The van der Waals surface area contributed by atoms with Crippen molar-refractivity contribution in [3.05, 3.63) is 41.5 Å². The van der Waals surface area contributed by atoms with Gasteiger partial charge in [-0.25, -0.2) is 9.18 Å². The number of carbonyl (C=O) groups is 1. The van der Waals surface area contributed by atoms with Crippen LogP contribution in [-0.4, -0.2) is 44.4 Å². The Morgan fingerprint density at radius 3 is 2.96 bits per heavy atom. The van der Waals surface area contributed by atoms with Gasteiger partial charge in [0.15, 0.2) is 0 Å². The molecule has 2 amide bonds. The highest BCUT2D eigenvalue weighted by Gasteiger charge is 2.29. The third-order valence-electron chi connectivity index (χ3n) is 4.18. The molecule has 1 atom stereocenters. The number of urea groups is 1. The van der Waals surface area contributed by atoms with E-state index in [1.54, 1.807) is 22.5 Å². The predicted molar refractivity (Wildman–Crippen MR) is 92.2 cm³/mol. The van der Waals surface area contributed by atoms with Gasteiger partial charge in [-0.05, 0) is 37.1 Å². The molecular weight excluding hydrogens is 359 g/mol. The maximum atomic E-state index is 13.0. The number of carbonyl (C=O) groups excluding carboxylic acids is 1. The summed E-state index contributed by atoms with van der Waals surface area (Å²) >= 11 is 1.27. The van der Waals surface area contributed by atoms with Crippen LogP contribution in [0.15, 0.2) is 34.3 Å². The van der Waals surface area contributed by atoms with Crippen LogP contribution in [0.4, 0.5) is 14.3 Å². The highest BCUT2D eigenvalue weighted by atomic mass is 32.1. The third-order valence-corrected chi connectivity index (χ3v) is 4.78. The van der Waals surface area contributed by atoms with E-state index < -0.39 is 0 Å². The summed E-state index contributed by atoms with van der Waals surface area (Å²) in [4.78, 5) is 18.5. The SMILES string of the molecule is O=C(Nc1nncs1)N1CCC[C@H](c2nc(-c3ccc(F)cc3)no2)C1. The van der Waals surface area contributed by atoms with Gasteiger partial charge in [0.05, 0.1) is 5.92 Å². The number of hydrogen-bond donors (Lipinski definition) is 1. The lowest BCUT2D eigenvalue weighted by molar-refractivity contribution is 0.184. The zero-order valence-electron chi connectivity index (χ0n) is 13.6. The Balaban J connectivity index is 1.44. The molecular formula is C16H15FN6O2S. The number of hydrogen-bond acceptors (Lipinski definition) is 7. The van der Waals surface area contributed by atoms with Gasteiger partial charge in [-0.3, -0.25) is 5.32 Å². The number of rotatable bonds is 3. The molecule has 1 N–H and O–H groups in total. The smallest absolute Gasteiger partial charge is 0.323 e. The summed E-state index contributed by atoms with van der Waals surface area (Å²) in [6, 6.07) is 5.70. The lowest BCUT2D eigenvalue weighted by Gasteiger charge is -2.30. The first-order chi connectivity index (χ1) is 12.7. The monoisotopic (exact) mass is 374 g/mol.